The maximum Gasteiger partial charge on any atom is 0.295 e. The van der Waals surface area contributed by atoms with Crippen molar-refractivity contribution in [3.63, 3.8) is 0 Å². The van der Waals surface area contributed by atoms with Crippen LogP contribution in [-0.2, 0) is 4.79 Å². The molecule has 8 heteroatoms. The third kappa shape index (κ3) is 3.93. The zero-order chi connectivity index (χ0) is 22.9. The van der Waals surface area contributed by atoms with Gasteiger partial charge >= 0.3 is 0 Å². The summed E-state index contributed by atoms with van der Waals surface area (Å²) < 4.78 is 0. The molecule has 1 saturated heterocycles. The van der Waals surface area contributed by atoms with Gasteiger partial charge in [-0.25, -0.2) is 0 Å². The summed E-state index contributed by atoms with van der Waals surface area (Å²) in [5.41, 5.74) is 2.54. The Hall–Kier alpha value is -3.78. The van der Waals surface area contributed by atoms with Gasteiger partial charge < -0.3 is 9.80 Å². The molecule has 1 amide bonds. The Morgan fingerprint density at radius 1 is 0.970 bits per heavy atom. The highest BCUT2D eigenvalue weighted by atomic mass is 16.6. The Bertz CT molecular complexity index is 1170. The van der Waals surface area contributed by atoms with Crippen molar-refractivity contribution in [1.82, 2.24) is 4.90 Å². The van der Waals surface area contributed by atoms with Crippen LogP contribution in [0.1, 0.15) is 5.56 Å². The van der Waals surface area contributed by atoms with Crippen molar-refractivity contribution in [1.29, 1.82) is 0 Å². The molecule has 2 heterocycles. The summed E-state index contributed by atoms with van der Waals surface area (Å²) in [5.74, 6) is -0.936. The number of carbonyl (C=O) groups is 1. The second-order valence-corrected chi connectivity index (χ2v) is 8.54. The fraction of sp³-hybridized carbons (Fsp3) is 0.280. The molecule has 5 rings (SSSR count). The second kappa shape index (κ2) is 8.63. The minimum atomic E-state index is -0.463. The van der Waals surface area contributed by atoms with Crippen LogP contribution in [0.5, 0.6) is 0 Å². The molecule has 2 aliphatic heterocycles. The van der Waals surface area contributed by atoms with E-state index in [2.05, 4.69) is 16.8 Å². The van der Waals surface area contributed by atoms with Gasteiger partial charge in [-0.2, -0.15) is 10.1 Å². The average molecular weight is 444 g/mol. The van der Waals surface area contributed by atoms with E-state index in [4.69, 9.17) is 5.10 Å². The third-order valence-corrected chi connectivity index (χ3v) is 6.47. The number of benzene rings is 2. The highest BCUT2D eigenvalue weighted by Gasteiger charge is 2.40. The van der Waals surface area contributed by atoms with E-state index in [1.807, 2.05) is 54.6 Å². The first kappa shape index (κ1) is 21.1. The van der Waals surface area contributed by atoms with Gasteiger partial charge in [0.1, 0.15) is 5.69 Å². The molecule has 0 spiro atoms. The Balaban J connectivity index is 1.62. The molecule has 2 aromatic rings. The number of likely N-dealkylation sites (N-methyl/N-ethyl adjacent to an activating group) is 1. The van der Waals surface area contributed by atoms with E-state index in [-0.39, 0.29) is 23.2 Å². The zero-order valence-corrected chi connectivity index (χ0v) is 18.4. The Labute approximate surface area is 192 Å². The lowest BCUT2D eigenvalue weighted by Gasteiger charge is -2.36. The molecule has 3 aliphatic rings. The molecule has 2 atom stereocenters. The average Bonchev–Trinajstić information content (AvgIpc) is 2.85. The maximum absolute atomic E-state index is 13.5. The molecular weight excluding hydrogens is 418 g/mol. The van der Waals surface area contributed by atoms with Crippen LogP contribution in [0, 0.1) is 22.0 Å². The number of carbonyl (C=O) groups excluding carboxylic acids is 1. The Kier molecular flexibility index (Phi) is 5.51. The van der Waals surface area contributed by atoms with Crippen molar-refractivity contribution in [2.75, 3.05) is 43.1 Å². The van der Waals surface area contributed by atoms with E-state index < -0.39 is 10.8 Å². The normalized spacial score (nSPS) is 22.8. The molecular formula is C25H25N5O3. The number of hydrogen-bond donors (Lipinski definition) is 0. The maximum atomic E-state index is 13.5. The van der Waals surface area contributed by atoms with Crippen LogP contribution in [0.25, 0.3) is 0 Å². The summed E-state index contributed by atoms with van der Waals surface area (Å²) in [7, 11) is 2.08. The highest BCUT2D eigenvalue weighted by Crippen LogP contribution is 2.39. The van der Waals surface area contributed by atoms with E-state index in [1.165, 1.54) is 11.1 Å². The largest absolute Gasteiger partial charge is 0.369 e. The second-order valence-electron chi connectivity index (χ2n) is 8.54. The van der Waals surface area contributed by atoms with E-state index in [1.54, 1.807) is 12.1 Å². The van der Waals surface area contributed by atoms with E-state index in [0.29, 0.717) is 0 Å². The first-order valence-corrected chi connectivity index (χ1v) is 11.1. The van der Waals surface area contributed by atoms with Gasteiger partial charge in [0, 0.05) is 43.9 Å². The van der Waals surface area contributed by atoms with Gasteiger partial charge in [0.25, 0.3) is 11.6 Å². The number of fused-ring (bicyclic) bond motifs is 1. The summed E-state index contributed by atoms with van der Waals surface area (Å²) in [4.78, 5) is 29.4. The van der Waals surface area contributed by atoms with Crippen LogP contribution in [0.2, 0.25) is 0 Å². The molecule has 33 heavy (non-hydrogen) atoms. The number of rotatable bonds is 4. The molecule has 0 saturated carbocycles. The molecule has 0 aromatic heterocycles. The first-order chi connectivity index (χ1) is 16.0. The fourth-order valence-corrected chi connectivity index (χ4v) is 4.60. The number of nitrogens with zero attached hydrogens (tertiary/aromatic N) is 5. The standard InChI is InChI=1S/C25H25N5O3/c1-27-13-15-28(16-14-27)19-11-12-22(30(32)33)23(17-19)29-25(31)21-10-6-5-9-20(21)24(26-29)18-7-3-2-4-8-18/h2-12,17,20-21H,13-16H2,1H3. The van der Waals surface area contributed by atoms with E-state index >= 15 is 0 Å². The number of allylic oxidation sites excluding steroid dienone is 3. The predicted molar refractivity (Wildman–Crippen MR) is 129 cm³/mol. The SMILES string of the molecule is CN1CCN(c2ccc([N+](=O)[O-])c(N3N=C(c4ccccc4)C4C=CC=CC4C3=O)c2)CC1. The fourth-order valence-electron chi connectivity index (χ4n) is 4.60. The van der Waals surface area contributed by atoms with Gasteiger partial charge in [-0.1, -0.05) is 54.6 Å². The van der Waals surface area contributed by atoms with Crippen molar-refractivity contribution >= 4 is 28.7 Å². The highest BCUT2D eigenvalue weighted by molar-refractivity contribution is 6.13. The van der Waals surface area contributed by atoms with Gasteiger partial charge in [0.2, 0.25) is 0 Å². The van der Waals surface area contributed by atoms with Gasteiger partial charge in [0.05, 0.1) is 16.6 Å². The summed E-state index contributed by atoms with van der Waals surface area (Å²) in [5, 5.41) is 17.9. The quantitative estimate of drug-likeness (QED) is 0.534. The van der Waals surface area contributed by atoms with Crippen LogP contribution >= 0.6 is 0 Å². The number of hydrogen-bond acceptors (Lipinski definition) is 6. The van der Waals surface area contributed by atoms with Crippen LogP contribution in [0.15, 0.2) is 77.9 Å². The molecule has 2 unspecified atom stereocenters. The van der Waals surface area contributed by atoms with Gasteiger partial charge in [-0.3, -0.25) is 14.9 Å². The molecule has 8 nitrogen and oxygen atoms in total. The molecule has 0 N–H and O–H groups in total. The zero-order valence-electron chi connectivity index (χ0n) is 18.4. The third-order valence-electron chi connectivity index (χ3n) is 6.47. The number of anilines is 2. The molecule has 0 bridgehead atoms. The van der Waals surface area contributed by atoms with Gasteiger partial charge in [-0.05, 0) is 24.7 Å². The lowest BCUT2D eigenvalue weighted by molar-refractivity contribution is -0.384. The van der Waals surface area contributed by atoms with Crippen LogP contribution < -0.4 is 9.91 Å². The van der Waals surface area contributed by atoms with Gasteiger partial charge in [-0.15, -0.1) is 0 Å². The number of amides is 1. The molecule has 1 aliphatic carbocycles. The van der Waals surface area contributed by atoms with Gasteiger partial charge in [0.15, 0.2) is 0 Å². The Morgan fingerprint density at radius 2 is 1.67 bits per heavy atom. The van der Waals surface area contributed by atoms with Crippen LogP contribution in [0.4, 0.5) is 17.1 Å². The lowest BCUT2D eigenvalue weighted by atomic mass is 9.80. The van der Waals surface area contributed by atoms with Crippen molar-refractivity contribution in [2.24, 2.45) is 16.9 Å². The number of nitro groups is 1. The van der Waals surface area contributed by atoms with Crippen molar-refractivity contribution in [3.05, 3.63) is 88.5 Å². The lowest BCUT2D eigenvalue weighted by Crippen LogP contribution is -2.45. The van der Waals surface area contributed by atoms with E-state index in [0.717, 1.165) is 43.1 Å². The van der Waals surface area contributed by atoms with Crippen LogP contribution in [0.3, 0.4) is 0 Å². The predicted octanol–water partition coefficient (Wildman–Crippen LogP) is 3.46. The summed E-state index contributed by atoms with van der Waals surface area (Å²) in [6, 6.07) is 14.6. The van der Waals surface area contributed by atoms with Crippen molar-refractivity contribution < 1.29 is 9.72 Å². The van der Waals surface area contributed by atoms with Crippen molar-refractivity contribution in [3.8, 4) is 0 Å². The first-order valence-electron chi connectivity index (χ1n) is 11.1. The molecule has 168 valence electrons. The summed E-state index contributed by atoms with van der Waals surface area (Å²) in [6.07, 6.45) is 7.59. The molecule has 2 aromatic carbocycles. The smallest absolute Gasteiger partial charge is 0.295 e. The number of hydrazone groups is 1. The summed E-state index contributed by atoms with van der Waals surface area (Å²) >= 11 is 0. The van der Waals surface area contributed by atoms with E-state index in [9.17, 15) is 14.9 Å². The Morgan fingerprint density at radius 3 is 2.36 bits per heavy atom. The van der Waals surface area contributed by atoms with Crippen molar-refractivity contribution in [2.45, 2.75) is 0 Å². The molecule has 1 fully saturated rings. The number of nitro benzene ring substituents is 1. The topological polar surface area (TPSA) is 82.3 Å². The minimum absolute atomic E-state index is 0.133. The molecule has 0 radical (unpaired) electrons. The number of piperazine rings is 1. The minimum Gasteiger partial charge on any atom is -0.369 e. The monoisotopic (exact) mass is 443 g/mol. The summed E-state index contributed by atoms with van der Waals surface area (Å²) in [6.45, 7) is 3.45. The van der Waals surface area contributed by atoms with Crippen LogP contribution in [-0.4, -0.2) is 54.7 Å².